The second-order valence-electron chi connectivity index (χ2n) is 7.06. The summed E-state index contributed by atoms with van der Waals surface area (Å²) in [7, 11) is 0. The zero-order chi connectivity index (χ0) is 19.3. The van der Waals surface area contributed by atoms with E-state index in [9.17, 15) is 9.59 Å². The van der Waals surface area contributed by atoms with Gasteiger partial charge in [0.2, 0.25) is 1.43 Å². The molecule has 1 heterocycles. The van der Waals surface area contributed by atoms with Crippen LogP contribution in [0, 0.1) is 0 Å². The number of carbonyl (C=O) groups excluding carboxylic acids is 2. The second-order valence-corrected chi connectivity index (χ2v) is 7.06. The second kappa shape index (κ2) is 7.70. The number of rotatable bonds is 5. The Morgan fingerprint density at radius 2 is 2.08 bits per heavy atom. The Morgan fingerprint density at radius 3 is 2.64 bits per heavy atom. The van der Waals surface area contributed by atoms with Crippen molar-refractivity contribution < 1.29 is 24.2 Å². The highest BCUT2D eigenvalue weighted by Gasteiger charge is 2.41. The summed E-state index contributed by atoms with van der Waals surface area (Å²) in [5.74, 6) is -0.539. The minimum Gasteiger partial charge on any atom is -0.459 e. The van der Waals surface area contributed by atoms with Gasteiger partial charge in [-0.3, -0.25) is 4.90 Å². The lowest BCUT2D eigenvalue weighted by Gasteiger charge is -2.27. The molecule has 0 aliphatic carbocycles. The average molecular weight is 348 g/mol. The third-order valence-electron chi connectivity index (χ3n) is 3.76. The van der Waals surface area contributed by atoms with Crippen molar-refractivity contribution in [1.82, 2.24) is 4.90 Å². The highest BCUT2D eigenvalue weighted by molar-refractivity contribution is 5.82. The van der Waals surface area contributed by atoms with E-state index in [0.717, 1.165) is 11.1 Å². The number of amides is 1. The van der Waals surface area contributed by atoms with Gasteiger partial charge in [-0.25, -0.2) is 9.59 Å². The van der Waals surface area contributed by atoms with E-state index in [4.69, 9.17) is 10.9 Å². The standard InChI is InChI=1S/C19H25NO5/c1-5-13-6-8-14(9-7-13)12-24-17(22)16-10-15(21)11-20(16)18(23)25-19(2,3)4/h5-9,15-16,21H,1,10-12H2,2-4H3/t15-,16+/m1/s1/i21D. The number of likely N-dealkylation sites (tertiary alicyclic amines) is 1. The molecule has 0 spiro atoms. The van der Waals surface area contributed by atoms with E-state index < -0.39 is 29.8 Å². The molecule has 1 N–H and O–H groups in total. The van der Waals surface area contributed by atoms with Gasteiger partial charge in [-0.2, -0.15) is 0 Å². The van der Waals surface area contributed by atoms with E-state index in [1.165, 1.54) is 4.90 Å². The molecule has 0 radical (unpaired) electrons. The van der Waals surface area contributed by atoms with Gasteiger partial charge in [0.05, 0.1) is 12.6 Å². The number of β-amino-alcohol motifs (C(OH)–C–C–N with tert-alkyl or cyclic N) is 1. The monoisotopic (exact) mass is 348 g/mol. The summed E-state index contributed by atoms with van der Waals surface area (Å²) in [5, 5.41) is 4.57. The van der Waals surface area contributed by atoms with Gasteiger partial charge in [-0.15, -0.1) is 0 Å². The molecule has 6 heteroatoms. The van der Waals surface area contributed by atoms with Crippen LogP contribution < -0.4 is 0 Å². The van der Waals surface area contributed by atoms with Gasteiger partial charge in [0.15, 0.2) is 0 Å². The minimum absolute atomic E-state index is 0.0985. The van der Waals surface area contributed by atoms with Crippen LogP contribution in [0.5, 0.6) is 0 Å². The molecule has 1 aliphatic rings. The van der Waals surface area contributed by atoms with Gasteiger partial charge < -0.3 is 14.6 Å². The number of hydrogen-bond donors (Lipinski definition) is 1. The maximum Gasteiger partial charge on any atom is 0.411 e. The van der Waals surface area contributed by atoms with Gasteiger partial charge in [0.25, 0.3) is 0 Å². The predicted octanol–water partition coefficient (Wildman–Crippen LogP) is 2.74. The fraction of sp³-hybridized carbons (Fsp3) is 0.474. The number of benzene rings is 1. The van der Waals surface area contributed by atoms with Crippen molar-refractivity contribution in [2.75, 3.05) is 6.54 Å². The van der Waals surface area contributed by atoms with Crippen molar-refractivity contribution in [3.63, 3.8) is 0 Å². The third kappa shape index (κ3) is 5.32. The Bertz CT molecular complexity index is 653. The zero-order valence-electron chi connectivity index (χ0n) is 15.9. The number of ether oxygens (including phenoxy) is 2. The quantitative estimate of drug-likeness (QED) is 0.828. The number of carbonyl (C=O) groups is 2. The first kappa shape index (κ1) is 17.5. The van der Waals surface area contributed by atoms with Crippen LogP contribution in [0.3, 0.4) is 0 Å². The first-order valence-electron chi connectivity index (χ1n) is 8.64. The summed E-state index contributed by atoms with van der Waals surface area (Å²) in [6.07, 6.45) is 0.770. The van der Waals surface area contributed by atoms with Crippen molar-refractivity contribution in [3.8, 4) is 0 Å². The van der Waals surface area contributed by atoms with Crippen molar-refractivity contribution in [2.45, 2.75) is 51.5 Å². The fourth-order valence-electron chi connectivity index (χ4n) is 2.54. The Hall–Kier alpha value is -2.34. The molecule has 1 aliphatic heterocycles. The lowest BCUT2D eigenvalue weighted by atomic mass is 10.1. The summed E-state index contributed by atoms with van der Waals surface area (Å²) >= 11 is 0. The van der Waals surface area contributed by atoms with E-state index in [0.29, 0.717) is 0 Å². The van der Waals surface area contributed by atoms with Gasteiger partial charge in [-0.05, 0) is 31.9 Å². The summed E-state index contributed by atoms with van der Waals surface area (Å²) in [4.78, 5) is 26.1. The number of hydrogen-bond acceptors (Lipinski definition) is 5. The van der Waals surface area contributed by atoms with Crippen LogP contribution in [0.15, 0.2) is 30.8 Å². The molecule has 1 amide bonds. The highest BCUT2D eigenvalue weighted by Crippen LogP contribution is 2.22. The van der Waals surface area contributed by atoms with Crippen LogP contribution in [-0.4, -0.2) is 47.8 Å². The minimum atomic E-state index is -0.826. The van der Waals surface area contributed by atoms with Crippen molar-refractivity contribution in [3.05, 3.63) is 42.0 Å². The Morgan fingerprint density at radius 1 is 1.40 bits per heavy atom. The molecule has 1 aromatic carbocycles. The molecule has 6 nitrogen and oxygen atoms in total. The summed E-state index contributed by atoms with van der Waals surface area (Å²) in [6, 6.07) is 6.62. The third-order valence-corrected chi connectivity index (χ3v) is 3.76. The van der Waals surface area contributed by atoms with Crippen LogP contribution in [0.2, 0.25) is 0 Å². The molecule has 2 rings (SSSR count). The lowest BCUT2D eigenvalue weighted by Crippen LogP contribution is -2.44. The van der Waals surface area contributed by atoms with Crippen molar-refractivity contribution in [1.29, 1.82) is 1.43 Å². The van der Waals surface area contributed by atoms with Gasteiger partial charge in [0.1, 0.15) is 18.2 Å². The Labute approximate surface area is 149 Å². The molecule has 25 heavy (non-hydrogen) atoms. The summed E-state index contributed by atoms with van der Waals surface area (Å²) in [5.41, 5.74) is 1.12. The molecular formula is C19H25NO5. The van der Waals surface area contributed by atoms with Crippen LogP contribution in [-0.2, 0) is 20.9 Å². The molecule has 2 atom stereocenters. The van der Waals surface area contributed by atoms with E-state index >= 15 is 0 Å². The smallest absolute Gasteiger partial charge is 0.411 e. The van der Waals surface area contributed by atoms with Crippen LogP contribution >= 0.6 is 0 Å². The molecule has 136 valence electrons. The van der Waals surface area contributed by atoms with E-state index in [-0.39, 0.29) is 19.6 Å². The van der Waals surface area contributed by atoms with Crippen LogP contribution in [0.1, 0.15) is 38.3 Å². The normalized spacial score (nSPS) is 20.8. The maximum absolute atomic E-state index is 12.5. The van der Waals surface area contributed by atoms with E-state index in [1.54, 1.807) is 26.8 Å². The molecule has 0 unspecified atom stereocenters. The van der Waals surface area contributed by atoms with Crippen LogP contribution in [0.25, 0.3) is 6.08 Å². The molecular weight excluding hydrogens is 322 g/mol. The van der Waals surface area contributed by atoms with Crippen molar-refractivity contribution >= 4 is 18.1 Å². The SMILES string of the molecule is [2H]O[C@@H]1C[C@@H](C(=O)OCc2ccc(C=C)cc2)N(C(=O)OC(C)(C)C)C1. The van der Waals surface area contributed by atoms with Gasteiger partial charge in [0, 0.05) is 6.42 Å². The summed E-state index contributed by atoms with van der Waals surface area (Å²) < 4.78 is 17.8. The number of aliphatic hydroxyl groups excluding tert-OH is 1. The number of nitrogens with zero attached hydrogens (tertiary/aromatic N) is 1. The number of esters is 1. The molecule has 1 saturated heterocycles. The molecule has 0 saturated carbocycles. The first-order valence-corrected chi connectivity index (χ1v) is 8.23. The summed E-state index contributed by atoms with van der Waals surface area (Å²) in [6.45, 7) is 9.16. The molecule has 0 bridgehead atoms. The number of aliphatic hydroxyl groups is 1. The molecule has 0 aromatic heterocycles. The first-order chi connectivity index (χ1) is 12.2. The maximum atomic E-state index is 12.5. The Balaban J connectivity index is 2.01. The highest BCUT2D eigenvalue weighted by atomic mass is 16.6. The zero-order valence-corrected chi connectivity index (χ0v) is 14.9. The predicted molar refractivity (Wildman–Crippen MR) is 93.7 cm³/mol. The topological polar surface area (TPSA) is 76.1 Å². The fourth-order valence-corrected chi connectivity index (χ4v) is 2.54. The molecule has 1 aromatic rings. The van der Waals surface area contributed by atoms with Gasteiger partial charge in [-0.1, -0.05) is 36.9 Å². The van der Waals surface area contributed by atoms with Gasteiger partial charge >= 0.3 is 12.1 Å². The largest absolute Gasteiger partial charge is 0.459 e. The average Bonchev–Trinajstić information content (AvgIpc) is 3.03. The van der Waals surface area contributed by atoms with Crippen LogP contribution in [0.4, 0.5) is 4.79 Å². The molecule has 1 fully saturated rings. The lowest BCUT2D eigenvalue weighted by molar-refractivity contribution is -0.150. The Kier molecular flexibility index (Phi) is 5.38. The van der Waals surface area contributed by atoms with E-state index in [1.807, 2.05) is 24.3 Å². The van der Waals surface area contributed by atoms with E-state index in [2.05, 4.69) is 11.7 Å². The van der Waals surface area contributed by atoms with Crippen molar-refractivity contribution in [2.24, 2.45) is 0 Å².